The van der Waals surface area contributed by atoms with Crippen molar-refractivity contribution in [1.29, 1.82) is 0 Å². The van der Waals surface area contributed by atoms with Gasteiger partial charge in [0.25, 0.3) is 0 Å². The summed E-state index contributed by atoms with van der Waals surface area (Å²) in [6.45, 7) is 4.56. The molecule has 0 spiro atoms. The van der Waals surface area contributed by atoms with Crippen LogP contribution in [-0.2, 0) is 20.9 Å². The number of piperazine rings is 1. The Labute approximate surface area is 173 Å². The highest BCUT2D eigenvalue weighted by Gasteiger charge is 2.46. The first-order chi connectivity index (χ1) is 14.2. The van der Waals surface area contributed by atoms with Gasteiger partial charge in [0.05, 0.1) is 0 Å². The number of benzene rings is 1. The van der Waals surface area contributed by atoms with Crippen molar-refractivity contribution in [3.63, 3.8) is 0 Å². The Morgan fingerprint density at radius 1 is 1.14 bits per heavy atom. The van der Waals surface area contributed by atoms with Crippen LogP contribution in [0.1, 0.15) is 24.8 Å². The summed E-state index contributed by atoms with van der Waals surface area (Å²) in [7, 11) is 1.53. The van der Waals surface area contributed by atoms with E-state index in [0.717, 1.165) is 19.6 Å². The number of ether oxygens (including phenoxy) is 1. The molecule has 1 saturated carbocycles. The predicted octanol–water partition coefficient (Wildman–Crippen LogP) is 0.699. The molecule has 3 fully saturated rings. The van der Waals surface area contributed by atoms with Crippen molar-refractivity contribution in [3.05, 3.63) is 35.9 Å². The van der Waals surface area contributed by atoms with Gasteiger partial charge in [-0.3, -0.25) is 14.5 Å². The van der Waals surface area contributed by atoms with Crippen molar-refractivity contribution in [1.82, 2.24) is 20.0 Å². The summed E-state index contributed by atoms with van der Waals surface area (Å²) in [6.07, 6.45) is 3.11. The van der Waals surface area contributed by atoms with E-state index in [0.29, 0.717) is 32.1 Å². The van der Waals surface area contributed by atoms with Crippen molar-refractivity contribution in [3.8, 4) is 0 Å². The summed E-state index contributed by atoms with van der Waals surface area (Å²) in [5.41, 5.74) is 1.28. The summed E-state index contributed by atoms with van der Waals surface area (Å²) in [6, 6.07) is 10.9. The van der Waals surface area contributed by atoms with Crippen LogP contribution in [-0.4, -0.2) is 91.1 Å². The van der Waals surface area contributed by atoms with Gasteiger partial charge in [-0.2, -0.15) is 0 Å². The number of methoxy groups -OCH3 is 1. The number of amides is 2. The van der Waals surface area contributed by atoms with Crippen LogP contribution in [0.3, 0.4) is 0 Å². The smallest absolute Gasteiger partial charge is 0.249 e. The fourth-order valence-electron chi connectivity index (χ4n) is 4.62. The second-order valence-corrected chi connectivity index (χ2v) is 8.35. The summed E-state index contributed by atoms with van der Waals surface area (Å²) in [5.74, 6) is 0.00727. The van der Waals surface area contributed by atoms with E-state index in [1.54, 1.807) is 4.90 Å². The lowest BCUT2D eigenvalue weighted by Gasteiger charge is -2.32. The van der Waals surface area contributed by atoms with E-state index in [4.69, 9.17) is 4.74 Å². The van der Waals surface area contributed by atoms with Gasteiger partial charge in [-0.05, 0) is 24.8 Å². The molecule has 0 radical (unpaired) electrons. The molecule has 0 aromatic heterocycles. The number of likely N-dealkylation sites (tertiary alicyclic amines) is 1. The van der Waals surface area contributed by atoms with Crippen LogP contribution >= 0.6 is 0 Å². The molecule has 7 nitrogen and oxygen atoms in total. The molecule has 1 aliphatic carbocycles. The van der Waals surface area contributed by atoms with Gasteiger partial charge in [0, 0.05) is 58.5 Å². The van der Waals surface area contributed by atoms with Crippen LogP contribution in [0.15, 0.2) is 30.3 Å². The molecule has 4 rings (SSSR count). The number of hydrogen-bond donors (Lipinski definition) is 1. The van der Waals surface area contributed by atoms with Gasteiger partial charge in [0.2, 0.25) is 11.8 Å². The minimum atomic E-state index is -0.377. The maximum absolute atomic E-state index is 13.3. The van der Waals surface area contributed by atoms with Crippen LogP contribution < -0.4 is 5.32 Å². The Balaban J connectivity index is 1.51. The Kier molecular flexibility index (Phi) is 6.47. The first-order valence-electron chi connectivity index (χ1n) is 10.7. The van der Waals surface area contributed by atoms with Gasteiger partial charge in [0.15, 0.2) is 0 Å². The third-order valence-corrected chi connectivity index (χ3v) is 6.27. The zero-order valence-corrected chi connectivity index (χ0v) is 17.3. The normalized spacial score (nSPS) is 24.9. The van der Waals surface area contributed by atoms with Gasteiger partial charge in [-0.15, -0.1) is 0 Å². The van der Waals surface area contributed by atoms with Crippen LogP contribution in [0.5, 0.6) is 0 Å². The van der Waals surface area contributed by atoms with E-state index in [9.17, 15) is 9.59 Å². The van der Waals surface area contributed by atoms with Crippen LogP contribution in [0, 0.1) is 0 Å². The molecule has 2 unspecified atom stereocenters. The van der Waals surface area contributed by atoms with E-state index in [1.807, 2.05) is 11.0 Å². The Hall–Kier alpha value is -1.96. The summed E-state index contributed by atoms with van der Waals surface area (Å²) in [4.78, 5) is 32.2. The lowest BCUT2D eigenvalue weighted by molar-refractivity contribution is -0.146. The number of carbonyl (C=O) groups is 2. The van der Waals surface area contributed by atoms with E-state index >= 15 is 0 Å². The van der Waals surface area contributed by atoms with Crippen LogP contribution in [0.4, 0.5) is 0 Å². The first kappa shape index (κ1) is 20.3. The second-order valence-electron chi connectivity index (χ2n) is 8.35. The molecule has 2 aliphatic heterocycles. The second kappa shape index (κ2) is 9.24. The summed E-state index contributed by atoms with van der Waals surface area (Å²) < 4.78 is 5.10. The van der Waals surface area contributed by atoms with Crippen molar-refractivity contribution < 1.29 is 14.3 Å². The number of carbonyl (C=O) groups excluding carboxylic acids is 2. The molecule has 2 heterocycles. The third kappa shape index (κ3) is 4.79. The first-order valence-corrected chi connectivity index (χ1v) is 10.7. The quantitative estimate of drug-likeness (QED) is 0.730. The zero-order valence-electron chi connectivity index (χ0n) is 17.3. The van der Waals surface area contributed by atoms with Crippen LogP contribution in [0.2, 0.25) is 0 Å². The molecule has 1 N–H and O–H groups in total. The molecule has 1 aromatic carbocycles. The maximum Gasteiger partial charge on any atom is 0.249 e. The summed E-state index contributed by atoms with van der Waals surface area (Å²) in [5, 5.41) is 3.29. The molecule has 1 aromatic rings. The van der Waals surface area contributed by atoms with Gasteiger partial charge < -0.3 is 19.9 Å². The fourth-order valence-corrected chi connectivity index (χ4v) is 4.62. The zero-order chi connectivity index (χ0) is 20.2. The van der Waals surface area contributed by atoms with Crippen LogP contribution in [0.25, 0.3) is 0 Å². The molecular weight excluding hydrogens is 368 g/mol. The lowest BCUT2D eigenvalue weighted by Crippen LogP contribution is -2.53. The van der Waals surface area contributed by atoms with E-state index in [1.165, 1.54) is 25.5 Å². The van der Waals surface area contributed by atoms with E-state index in [2.05, 4.69) is 34.5 Å². The Morgan fingerprint density at radius 2 is 1.86 bits per heavy atom. The van der Waals surface area contributed by atoms with E-state index < -0.39 is 0 Å². The van der Waals surface area contributed by atoms with Crippen molar-refractivity contribution >= 4 is 11.8 Å². The lowest BCUT2D eigenvalue weighted by atomic mass is 10.1. The maximum atomic E-state index is 13.3. The number of nitrogens with one attached hydrogen (secondary N) is 1. The summed E-state index contributed by atoms with van der Waals surface area (Å²) >= 11 is 0. The van der Waals surface area contributed by atoms with Gasteiger partial charge in [-0.25, -0.2) is 0 Å². The largest absolute Gasteiger partial charge is 0.375 e. The number of rotatable bonds is 7. The van der Waals surface area contributed by atoms with Crippen molar-refractivity contribution in [2.24, 2.45) is 0 Å². The van der Waals surface area contributed by atoms with E-state index in [-0.39, 0.29) is 30.5 Å². The average molecular weight is 401 g/mol. The predicted molar refractivity (Wildman–Crippen MR) is 110 cm³/mol. The standard InChI is InChI=1S/C22H32N4O3/c1-29-16-21(27)26-15-19(13-20(26)22(28)24-11-9-23-10-12-24)25(18-7-8-18)14-17-5-3-2-4-6-17/h2-6,18-20,23H,7-16H2,1H3. The van der Waals surface area contributed by atoms with Crippen molar-refractivity contribution in [2.75, 3.05) is 46.4 Å². The highest BCUT2D eigenvalue weighted by atomic mass is 16.5. The molecule has 29 heavy (non-hydrogen) atoms. The molecule has 2 saturated heterocycles. The third-order valence-electron chi connectivity index (χ3n) is 6.27. The molecule has 2 atom stereocenters. The number of nitrogens with zero attached hydrogens (tertiary/aromatic N) is 3. The molecule has 158 valence electrons. The number of hydrogen-bond acceptors (Lipinski definition) is 5. The average Bonchev–Trinajstić information content (AvgIpc) is 3.50. The minimum absolute atomic E-state index is 0.0279. The Morgan fingerprint density at radius 3 is 2.52 bits per heavy atom. The molecular formula is C22H32N4O3. The molecule has 0 bridgehead atoms. The SMILES string of the molecule is COCC(=O)N1CC(N(Cc2ccccc2)C2CC2)CC1C(=O)N1CCNCC1. The molecule has 3 aliphatic rings. The van der Waals surface area contributed by atoms with Gasteiger partial charge in [0.1, 0.15) is 12.6 Å². The monoisotopic (exact) mass is 400 g/mol. The molecule has 7 heteroatoms. The fraction of sp³-hybridized carbons (Fsp3) is 0.636. The highest BCUT2D eigenvalue weighted by molar-refractivity contribution is 5.89. The topological polar surface area (TPSA) is 65.1 Å². The van der Waals surface area contributed by atoms with Gasteiger partial charge >= 0.3 is 0 Å². The van der Waals surface area contributed by atoms with Crippen molar-refractivity contribution in [2.45, 2.75) is 43.9 Å². The van der Waals surface area contributed by atoms with Gasteiger partial charge in [-0.1, -0.05) is 30.3 Å². The minimum Gasteiger partial charge on any atom is -0.375 e. The molecule has 2 amide bonds. The Bertz CT molecular complexity index is 703. The highest BCUT2D eigenvalue weighted by Crippen LogP contribution is 2.35.